The first-order chi connectivity index (χ1) is 11.4. The Kier molecular flexibility index (Phi) is 4.53. The lowest BCUT2D eigenvalue weighted by Crippen LogP contribution is -2.35. The molecule has 2 aromatic rings. The number of carbonyl (C=O) groups excluding carboxylic acids is 1. The predicted molar refractivity (Wildman–Crippen MR) is 88.1 cm³/mol. The van der Waals surface area contributed by atoms with Crippen LogP contribution in [0.1, 0.15) is 10.4 Å². The van der Waals surface area contributed by atoms with Crippen molar-refractivity contribution in [2.45, 2.75) is 12.1 Å². The molecule has 1 saturated heterocycles. The highest BCUT2D eigenvalue weighted by Crippen LogP contribution is 2.21. The van der Waals surface area contributed by atoms with E-state index in [4.69, 9.17) is 4.74 Å². The predicted octanol–water partition coefficient (Wildman–Crippen LogP) is 2.26. The number of hydrogen-bond donors (Lipinski definition) is 1. The minimum Gasteiger partial charge on any atom is -0.455 e. The van der Waals surface area contributed by atoms with Crippen LogP contribution >= 0.6 is 0 Å². The molecule has 2 atom stereocenters. The lowest BCUT2D eigenvalue weighted by molar-refractivity contribution is 0.0336. The molecule has 3 rings (SSSR count). The molecule has 5 nitrogen and oxygen atoms in total. The van der Waals surface area contributed by atoms with Gasteiger partial charge in [0, 0.05) is 5.69 Å². The fourth-order valence-corrected chi connectivity index (χ4v) is 4.39. The van der Waals surface area contributed by atoms with Crippen molar-refractivity contribution in [3.63, 3.8) is 0 Å². The summed E-state index contributed by atoms with van der Waals surface area (Å²) in [5, 5.41) is 3.10. The quantitative estimate of drug-likeness (QED) is 0.857. The summed E-state index contributed by atoms with van der Waals surface area (Å²) in [4.78, 5) is 12.2. The fourth-order valence-electron chi connectivity index (χ4n) is 2.61. The molecule has 0 spiro atoms. The maximum absolute atomic E-state index is 12.9. The van der Waals surface area contributed by atoms with E-state index in [2.05, 4.69) is 5.32 Å². The summed E-state index contributed by atoms with van der Waals surface area (Å²) in [5.74, 6) is -1.47. The van der Waals surface area contributed by atoms with Gasteiger partial charge in [0.25, 0.3) is 0 Å². The zero-order valence-corrected chi connectivity index (χ0v) is 13.5. The number of nitrogens with one attached hydrogen (secondary N) is 1. The monoisotopic (exact) mass is 349 g/mol. The van der Waals surface area contributed by atoms with E-state index in [1.165, 1.54) is 12.1 Å². The lowest BCUT2D eigenvalue weighted by atomic mass is 10.2. The molecule has 0 aromatic heterocycles. The van der Waals surface area contributed by atoms with Crippen LogP contribution in [0.3, 0.4) is 0 Å². The van der Waals surface area contributed by atoms with Crippen LogP contribution in [0.4, 0.5) is 10.1 Å². The van der Waals surface area contributed by atoms with Gasteiger partial charge in [-0.25, -0.2) is 17.6 Å². The van der Waals surface area contributed by atoms with Crippen molar-refractivity contribution in [2.75, 3.05) is 16.8 Å². The Bertz CT molecular complexity index is 821. The van der Waals surface area contributed by atoms with Gasteiger partial charge in [0.15, 0.2) is 9.84 Å². The van der Waals surface area contributed by atoms with Gasteiger partial charge in [0.05, 0.1) is 23.1 Å². The Balaban J connectivity index is 1.74. The summed E-state index contributed by atoms with van der Waals surface area (Å²) < 4.78 is 42.1. The van der Waals surface area contributed by atoms with E-state index in [9.17, 15) is 17.6 Å². The van der Waals surface area contributed by atoms with Gasteiger partial charge in [-0.2, -0.15) is 0 Å². The maximum Gasteiger partial charge on any atom is 0.338 e. The highest BCUT2D eigenvalue weighted by Gasteiger charge is 2.40. The van der Waals surface area contributed by atoms with E-state index < -0.39 is 33.8 Å². The molecule has 2 aromatic carbocycles. The molecular weight excluding hydrogens is 333 g/mol. The van der Waals surface area contributed by atoms with Gasteiger partial charge in [0.1, 0.15) is 11.9 Å². The van der Waals surface area contributed by atoms with Crippen molar-refractivity contribution < 1.29 is 22.3 Å². The molecule has 1 N–H and O–H groups in total. The van der Waals surface area contributed by atoms with E-state index in [1.807, 2.05) is 30.3 Å². The normalized spacial score (nSPS) is 22.0. The van der Waals surface area contributed by atoms with Crippen LogP contribution in [0.25, 0.3) is 0 Å². The molecule has 1 heterocycles. The Labute approximate surface area is 139 Å². The largest absolute Gasteiger partial charge is 0.455 e. The van der Waals surface area contributed by atoms with E-state index in [-0.39, 0.29) is 17.1 Å². The minimum absolute atomic E-state index is 0.108. The van der Waals surface area contributed by atoms with Crippen molar-refractivity contribution >= 4 is 21.5 Å². The number of hydrogen-bond acceptors (Lipinski definition) is 5. The van der Waals surface area contributed by atoms with Gasteiger partial charge in [-0.05, 0) is 36.4 Å². The zero-order valence-electron chi connectivity index (χ0n) is 12.7. The third kappa shape index (κ3) is 3.91. The first kappa shape index (κ1) is 16.4. The number of rotatable bonds is 4. The first-order valence-corrected chi connectivity index (χ1v) is 9.24. The molecule has 24 heavy (non-hydrogen) atoms. The summed E-state index contributed by atoms with van der Waals surface area (Å²) in [6, 6.07) is 13.5. The zero-order chi connectivity index (χ0) is 17.2. The Hall–Kier alpha value is -2.41. The fraction of sp³-hybridized carbons (Fsp3) is 0.235. The van der Waals surface area contributed by atoms with E-state index in [0.717, 1.165) is 17.8 Å². The number of ether oxygens (including phenoxy) is 1. The Morgan fingerprint density at radius 2 is 1.71 bits per heavy atom. The number of esters is 1. The van der Waals surface area contributed by atoms with Crippen LogP contribution in [0.15, 0.2) is 54.6 Å². The molecule has 7 heteroatoms. The highest BCUT2D eigenvalue weighted by atomic mass is 32.2. The number of anilines is 1. The van der Waals surface area contributed by atoms with Crippen LogP contribution in [0.5, 0.6) is 0 Å². The van der Waals surface area contributed by atoms with Crippen LogP contribution in [-0.4, -0.2) is 38.0 Å². The smallest absolute Gasteiger partial charge is 0.338 e. The van der Waals surface area contributed by atoms with Gasteiger partial charge in [-0.3, -0.25) is 0 Å². The Morgan fingerprint density at radius 1 is 1.04 bits per heavy atom. The Morgan fingerprint density at radius 3 is 2.38 bits per heavy atom. The van der Waals surface area contributed by atoms with Gasteiger partial charge in [-0.1, -0.05) is 18.2 Å². The minimum atomic E-state index is -3.30. The number of sulfone groups is 1. The second-order valence-electron chi connectivity index (χ2n) is 5.64. The van der Waals surface area contributed by atoms with Gasteiger partial charge < -0.3 is 10.1 Å². The highest BCUT2D eigenvalue weighted by molar-refractivity contribution is 7.91. The van der Waals surface area contributed by atoms with Crippen molar-refractivity contribution in [3.8, 4) is 0 Å². The first-order valence-electron chi connectivity index (χ1n) is 7.41. The average molecular weight is 349 g/mol. The number of para-hydroxylation sites is 1. The van der Waals surface area contributed by atoms with Crippen LogP contribution < -0.4 is 5.32 Å². The summed E-state index contributed by atoms with van der Waals surface area (Å²) in [7, 11) is -3.30. The second kappa shape index (κ2) is 6.60. The molecule has 0 amide bonds. The molecule has 1 aliphatic heterocycles. The van der Waals surface area contributed by atoms with E-state index in [1.54, 1.807) is 0 Å². The second-order valence-corrected chi connectivity index (χ2v) is 7.80. The number of carbonyl (C=O) groups is 1. The van der Waals surface area contributed by atoms with Gasteiger partial charge in [0.2, 0.25) is 0 Å². The molecule has 1 aliphatic rings. The maximum atomic E-state index is 12.9. The summed E-state index contributed by atoms with van der Waals surface area (Å²) in [6.45, 7) is 0. The van der Waals surface area contributed by atoms with Gasteiger partial charge in [-0.15, -0.1) is 0 Å². The van der Waals surface area contributed by atoms with Crippen LogP contribution in [0.2, 0.25) is 0 Å². The van der Waals surface area contributed by atoms with E-state index >= 15 is 0 Å². The summed E-state index contributed by atoms with van der Waals surface area (Å²) in [6.07, 6.45) is -0.798. The van der Waals surface area contributed by atoms with Gasteiger partial charge >= 0.3 is 5.97 Å². The molecule has 1 fully saturated rings. The third-order valence-electron chi connectivity index (χ3n) is 3.76. The molecule has 0 bridgehead atoms. The molecular formula is C17H16FNO4S. The average Bonchev–Trinajstić information content (AvgIpc) is 2.82. The summed E-state index contributed by atoms with van der Waals surface area (Å²) >= 11 is 0. The number of halogens is 1. The topological polar surface area (TPSA) is 72.5 Å². The van der Waals surface area contributed by atoms with Crippen LogP contribution in [0, 0.1) is 5.82 Å². The van der Waals surface area contributed by atoms with Crippen molar-refractivity contribution in [1.29, 1.82) is 0 Å². The number of benzene rings is 2. The van der Waals surface area contributed by atoms with Crippen molar-refractivity contribution in [3.05, 3.63) is 66.0 Å². The SMILES string of the molecule is O=C(OC1CS(=O)(=O)CC1Nc1ccccc1)c1ccc(F)cc1. The third-order valence-corrected chi connectivity index (χ3v) is 5.47. The molecule has 126 valence electrons. The van der Waals surface area contributed by atoms with Crippen molar-refractivity contribution in [2.24, 2.45) is 0 Å². The van der Waals surface area contributed by atoms with Crippen LogP contribution in [-0.2, 0) is 14.6 Å². The molecule has 2 unspecified atom stereocenters. The molecule has 0 aliphatic carbocycles. The lowest BCUT2D eigenvalue weighted by Gasteiger charge is -2.21. The standard InChI is InChI=1S/C17H16FNO4S/c18-13-8-6-12(7-9-13)17(20)23-16-11-24(21,22)10-15(16)19-14-4-2-1-3-5-14/h1-9,15-16,19H,10-11H2. The molecule has 0 saturated carbocycles. The van der Waals surface area contributed by atoms with E-state index in [0.29, 0.717) is 0 Å². The van der Waals surface area contributed by atoms with Crippen molar-refractivity contribution in [1.82, 2.24) is 0 Å². The summed E-state index contributed by atoms with van der Waals surface area (Å²) in [5.41, 5.74) is 0.932. The molecule has 0 radical (unpaired) electrons.